The van der Waals surface area contributed by atoms with Gasteiger partial charge >= 0.3 is 0 Å². The van der Waals surface area contributed by atoms with E-state index in [0.29, 0.717) is 0 Å². The highest BCUT2D eigenvalue weighted by molar-refractivity contribution is 5.77. The lowest BCUT2D eigenvalue weighted by Gasteiger charge is -2.13. The minimum absolute atomic E-state index is 1.29. The van der Waals surface area contributed by atoms with E-state index >= 15 is 0 Å². The summed E-state index contributed by atoms with van der Waals surface area (Å²) in [6, 6.07) is 17.1. The van der Waals surface area contributed by atoms with Crippen molar-refractivity contribution in [1.29, 1.82) is 0 Å². The molecule has 0 nitrogen and oxygen atoms in total. The highest BCUT2D eigenvalue weighted by atomic mass is 14.1. The summed E-state index contributed by atoms with van der Waals surface area (Å²) in [5.41, 5.74) is 8.10. The molecule has 0 aliphatic carbocycles. The van der Waals surface area contributed by atoms with Gasteiger partial charge in [-0.25, -0.2) is 0 Å². The van der Waals surface area contributed by atoms with Crippen molar-refractivity contribution in [3.05, 3.63) is 65.2 Å². The molecule has 0 aliphatic heterocycles. The lowest BCUT2D eigenvalue weighted by molar-refractivity contribution is 1.33. The first kappa shape index (κ1) is 12.6. The number of hydrogen-bond acceptors (Lipinski definition) is 0. The highest BCUT2D eigenvalue weighted by Crippen LogP contribution is 2.30. The number of allylic oxidation sites excluding steroid dienone is 2. The maximum atomic E-state index is 2.21. The monoisotopic (exact) mass is 236 g/mol. The molecular formula is C18H20. The summed E-state index contributed by atoms with van der Waals surface area (Å²) in [6.07, 6.45) is 0. The fraction of sp³-hybridized carbons (Fsp3) is 0.222. The van der Waals surface area contributed by atoms with Crippen molar-refractivity contribution in [3.63, 3.8) is 0 Å². The van der Waals surface area contributed by atoms with Gasteiger partial charge in [0.2, 0.25) is 0 Å². The fourth-order valence-electron chi connectivity index (χ4n) is 2.24. The Balaban J connectivity index is 2.60. The third-order valence-corrected chi connectivity index (χ3v) is 3.57. The minimum Gasteiger partial charge on any atom is -0.0729 e. The zero-order valence-electron chi connectivity index (χ0n) is 11.6. The minimum atomic E-state index is 1.29. The topological polar surface area (TPSA) is 0 Å². The maximum Gasteiger partial charge on any atom is -0.0149 e. The van der Waals surface area contributed by atoms with Gasteiger partial charge in [0.05, 0.1) is 0 Å². The van der Waals surface area contributed by atoms with E-state index < -0.39 is 0 Å². The quantitative estimate of drug-likeness (QED) is 0.648. The van der Waals surface area contributed by atoms with Crippen LogP contribution in [0, 0.1) is 6.92 Å². The van der Waals surface area contributed by atoms with Gasteiger partial charge in [-0.05, 0) is 55.5 Å². The first-order chi connectivity index (χ1) is 8.61. The smallest absolute Gasteiger partial charge is 0.0149 e. The van der Waals surface area contributed by atoms with E-state index in [-0.39, 0.29) is 0 Å². The van der Waals surface area contributed by atoms with Gasteiger partial charge in [0.1, 0.15) is 0 Å². The molecule has 2 aromatic rings. The summed E-state index contributed by atoms with van der Waals surface area (Å²) in [5, 5.41) is 0. The standard InChI is InChI=1S/C18H20/c1-13(2)14(3)17-11-8-12-18(15(17)4)16-9-6-5-7-10-16/h5-12H,1-4H3. The lowest BCUT2D eigenvalue weighted by Crippen LogP contribution is -1.91. The van der Waals surface area contributed by atoms with Gasteiger partial charge < -0.3 is 0 Å². The van der Waals surface area contributed by atoms with E-state index in [9.17, 15) is 0 Å². The summed E-state index contributed by atoms with van der Waals surface area (Å²) in [7, 11) is 0. The second-order valence-electron chi connectivity index (χ2n) is 4.97. The SMILES string of the molecule is CC(C)=C(C)c1cccc(-c2ccccc2)c1C. The molecule has 18 heavy (non-hydrogen) atoms. The van der Waals surface area contributed by atoms with Crippen LogP contribution in [0.3, 0.4) is 0 Å². The van der Waals surface area contributed by atoms with Gasteiger partial charge in [-0.15, -0.1) is 0 Å². The molecule has 0 aromatic heterocycles. The maximum absolute atomic E-state index is 2.21. The average molecular weight is 236 g/mol. The van der Waals surface area contributed by atoms with Crippen LogP contribution in [0.15, 0.2) is 54.1 Å². The molecule has 0 N–H and O–H groups in total. The Bertz CT molecular complexity index is 570. The summed E-state index contributed by atoms with van der Waals surface area (Å²) in [5.74, 6) is 0. The van der Waals surface area contributed by atoms with E-state index in [4.69, 9.17) is 0 Å². The Morgan fingerprint density at radius 1 is 0.778 bits per heavy atom. The first-order valence-electron chi connectivity index (χ1n) is 6.40. The Morgan fingerprint density at radius 3 is 2.06 bits per heavy atom. The van der Waals surface area contributed by atoms with Crippen LogP contribution in [0.1, 0.15) is 31.9 Å². The van der Waals surface area contributed by atoms with Crippen molar-refractivity contribution in [3.8, 4) is 11.1 Å². The van der Waals surface area contributed by atoms with Gasteiger partial charge in [0, 0.05) is 0 Å². The van der Waals surface area contributed by atoms with Crippen molar-refractivity contribution in [2.75, 3.05) is 0 Å². The zero-order chi connectivity index (χ0) is 13.1. The van der Waals surface area contributed by atoms with Crippen LogP contribution in [0.25, 0.3) is 16.7 Å². The normalized spacial score (nSPS) is 10.2. The molecule has 0 atom stereocenters. The fourth-order valence-corrected chi connectivity index (χ4v) is 2.24. The molecule has 0 fully saturated rings. The van der Waals surface area contributed by atoms with Gasteiger partial charge in [0.25, 0.3) is 0 Å². The zero-order valence-corrected chi connectivity index (χ0v) is 11.6. The molecule has 0 saturated heterocycles. The van der Waals surface area contributed by atoms with Crippen LogP contribution in [-0.2, 0) is 0 Å². The number of hydrogen-bond donors (Lipinski definition) is 0. The van der Waals surface area contributed by atoms with Crippen LogP contribution in [0.5, 0.6) is 0 Å². The highest BCUT2D eigenvalue weighted by Gasteiger charge is 2.07. The van der Waals surface area contributed by atoms with E-state index in [1.54, 1.807) is 0 Å². The molecule has 0 heteroatoms. The molecule has 0 spiro atoms. The van der Waals surface area contributed by atoms with Crippen LogP contribution < -0.4 is 0 Å². The van der Waals surface area contributed by atoms with Gasteiger partial charge in [-0.2, -0.15) is 0 Å². The van der Waals surface area contributed by atoms with Gasteiger partial charge in [-0.3, -0.25) is 0 Å². The second-order valence-corrected chi connectivity index (χ2v) is 4.97. The lowest BCUT2D eigenvalue weighted by atomic mass is 9.92. The van der Waals surface area contributed by atoms with Crippen molar-refractivity contribution in [2.45, 2.75) is 27.7 Å². The summed E-state index contributed by atoms with van der Waals surface area (Å²) < 4.78 is 0. The van der Waals surface area contributed by atoms with E-state index in [0.717, 1.165) is 0 Å². The van der Waals surface area contributed by atoms with Crippen molar-refractivity contribution < 1.29 is 0 Å². The van der Waals surface area contributed by atoms with Crippen LogP contribution in [-0.4, -0.2) is 0 Å². The summed E-state index contributed by atoms with van der Waals surface area (Å²) in [6.45, 7) is 8.75. The van der Waals surface area contributed by atoms with Gasteiger partial charge in [-0.1, -0.05) is 54.1 Å². The molecule has 92 valence electrons. The van der Waals surface area contributed by atoms with Crippen molar-refractivity contribution >= 4 is 5.57 Å². The van der Waals surface area contributed by atoms with E-state index in [1.807, 2.05) is 0 Å². The predicted molar refractivity (Wildman–Crippen MR) is 80.6 cm³/mol. The first-order valence-corrected chi connectivity index (χ1v) is 6.40. The van der Waals surface area contributed by atoms with Crippen molar-refractivity contribution in [1.82, 2.24) is 0 Å². The summed E-state index contributed by atoms with van der Waals surface area (Å²) in [4.78, 5) is 0. The molecule has 0 unspecified atom stereocenters. The average Bonchev–Trinajstić information content (AvgIpc) is 2.39. The Hall–Kier alpha value is -1.82. The largest absolute Gasteiger partial charge is 0.0729 e. The molecule has 0 radical (unpaired) electrons. The van der Waals surface area contributed by atoms with Crippen LogP contribution in [0.2, 0.25) is 0 Å². The molecule has 2 aromatic carbocycles. The van der Waals surface area contributed by atoms with E-state index in [2.05, 4.69) is 76.2 Å². The Kier molecular flexibility index (Phi) is 3.66. The van der Waals surface area contributed by atoms with Crippen LogP contribution in [0.4, 0.5) is 0 Å². The molecule has 0 bridgehead atoms. The number of rotatable bonds is 2. The molecule has 0 aliphatic rings. The summed E-state index contributed by atoms with van der Waals surface area (Å²) >= 11 is 0. The number of benzene rings is 2. The van der Waals surface area contributed by atoms with Crippen LogP contribution >= 0.6 is 0 Å². The molecule has 2 rings (SSSR count). The second kappa shape index (κ2) is 5.22. The third-order valence-electron chi connectivity index (χ3n) is 3.57. The Morgan fingerprint density at radius 2 is 1.44 bits per heavy atom. The predicted octanol–water partition coefficient (Wildman–Crippen LogP) is 5.48. The molecule has 0 heterocycles. The Labute approximate surface area is 110 Å². The van der Waals surface area contributed by atoms with E-state index in [1.165, 1.54) is 33.4 Å². The molecule has 0 amide bonds. The van der Waals surface area contributed by atoms with Crippen molar-refractivity contribution in [2.24, 2.45) is 0 Å². The van der Waals surface area contributed by atoms with Gasteiger partial charge in [0.15, 0.2) is 0 Å². The molecule has 0 saturated carbocycles. The third kappa shape index (κ3) is 2.38. The molecular weight excluding hydrogens is 216 g/mol.